The van der Waals surface area contributed by atoms with Gasteiger partial charge in [-0.15, -0.1) is 11.6 Å². The van der Waals surface area contributed by atoms with Crippen molar-refractivity contribution in [3.8, 4) is 0 Å². The molecular weight excluding hydrogens is 198 g/mol. The molecule has 0 aromatic carbocycles. The number of carbonyl (C=O) groups excluding carboxylic acids is 1. The first-order valence-corrected chi connectivity index (χ1v) is 6.07. The summed E-state index contributed by atoms with van der Waals surface area (Å²) >= 11 is 5.67. The molecule has 1 amide bonds. The molecule has 1 atom stereocenters. The van der Waals surface area contributed by atoms with Crippen LogP contribution in [0.5, 0.6) is 0 Å². The highest BCUT2D eigenvalue weighted by molar-refractivity contribution is 6.19. The molecular formula is C11H20ClNO. The molecule has 0 bridgehead atoms. The number of hydrogen-bond donors (Lipinski definition) is 0. The molecule has 2 nitrogen and oxygen atoms in total. The topological polar surface area (TPSA) is 20.3 Å². The van der Waals surface area contributed by atoms with Gasteiger partial charge in [-0.1, -0.05) is 20.3 Å². The lowest BCUT2D eigenvalue weighted by atomic mass is 9.94. The molecule has 0 radical (unpaired) electrons. The van der Waals surface area contributed by atoms with Crippen LogP contribution in [0.25, 0.3) is 0 Å². The Morgan fingerprint density at radius 3 is 2.50 bits per heavy atom. The Labute approximate surface area is 91.6 Å². The van der Waals surface area contributed by atoms with Crippen molar-refractivity contribution in [3.63, 3.8) is 0 Å². The van der Waals surface area contributed by atoms with E-state index < -0.39 is 0 Å². The van der Waals surface area contributed by atoms with E-state index in [2.05, 4.69) is 6.92 Å². The minimum absolute atomic E-state index is 0.0187. The molecule has 0 aromatic rings. The maximum atomic E-state index is 11.8. The molecule has 0 saturated carbocycles. The van der Waals surface area contributed by atoms with Gasteiger partial charge in [0.1, 0.15) is 0 Å². The van der Waals surface area contributed by atoms with Crippen LogP contribution in [0.4, 0.5) is 0 Å². The van der Waals surface area contributed by atoms with Crippen LogP contribution in [0, 0.1) is 11.8 Å². The summed E-state index contributed by atoms with van der Waals surface area (Å²) in [7, 11) is 0. The first-order valence-electron chi connectivity index (χ1n) is 5.53. The lowest BCUT2D eigenvalue weighted by molar-refractivity contribution is -0.135. The van der Waals surface area contributed by atoms with E-state index in [9.17, 15) is 4.79 Å². The number of halogens is 1. The van der Waals surface area contributed by atoms with Crippen molar-refractivity contribution in [1.29, 1.82) is 0 Å². The van der Waals surface area contributed by atoms with E-state index in [-0.39, 0.29) is 11.8 Å². The summed E-state index contributed by atoms with van der Waals surface area (Å²) in [5.74, 6) is 1.47. The molecule has 1 unspecified atom stereocenters. The van der Waals surface area contributed by atoms with Crippen LogP contribution in [0.15, 0.2) is 0 Å². The molecule has 82 valence electrons. The fourth-order valence-corrected chi connectivity index (χ4v) is 2.07. The van der Waals surface area contributed by atoms with Gasteiger partial charge in [0, 0.05) is 24.9 Å². The lowest BCUT2D eigenvalue weighted by Gasteiger charge is -2.32. The van der Waals surface area contributed by atoms with Gasteiger partial charge >= 0.3 is 0 Å². The van der Waals surface area contributed by atoms with Crippen molar-refractivity contribution in [2.45, 2.75) is 33.1 Å². The fourth-order valence-electron chi connectivity index (χ4n) is 1.94. The summed E-state index contributed by atoms with van der Waals surface area (Å²) in [4.78, 5) is 13.7. The molecule has 1 fully saturated rings. The van der Waals surface area contributed by atoms with Gasteiger partial charge in [0.25, 0.3) is 0 Å². The number of carbonyl (C=O) groups is 1. The van der Waals surface area contributed by atoms with Gasteiger partial charge in [-0.2, -0.15) is 0 Å². The van der Waals surface area contributed by atoms with Crippen molar-refractivity contribution in [3.05, 3.63) is 0 Å². The van der Waals surface area contributed by atoms with E-state index in [1.165, 1.54) is 6.42 Å². The third kappa shape index (κ3) is 2.88. The second-order valence-corrected chi connectivity index (χ2v) is 4.54. The first-order chi connectivity index (χ1) is 6.69. The van der Waals surface area contributed by atoms with E-state index in [4.69, 9.17) is 11.6 Å². The number of hydrogen-bond acceptors (Lipinski definition) is 1. The second-order valence-electron chi connectivity index (χ2n) is 4.23. The van der Waals surface area contributed by atoms with Gasteiger partial charge in [0.05, 0.1) is 0 Å². The number of rotatable bonds is 3. The summed E-state index contributed by atoms with van der Waals surface area (Å²) in [6, 6.07) is 0. The monoisotopic (exact) mass is 217 g/mol. The van der Waals surface area contributed by atoms with Gasteiger partial charge in [0.15, 0.2) is 0 Å². The van der Waals surface area contributed by atoms with Crippen molar-refractivity contribution >= 4 is 17.5 Å². The Bertz CT molecular complexity index is 188. The number of nitrogens with zero attached hydrogens (tertiary/aromatic N) is 1. The van der Waals surface area contributed by atoms with Crippen LogP contribution in [0.3, 0.4) is 0 Å². The summed E-state index contributed by atoms with van der Waals surface area (Å²) < 4.78 is 0. The largest absolute Gasteiger partial charge is 0.342 e. The normalized spacial score (nSPS) is 20.9. The average Bonchev–Trinajstić information content (AvgIpc) is 2.27. The van der Waals surface area contributed by atoms with E-state index in [0.29, 0.717) is 5.88 Å². The molecule has 1 aliphatic rings. The number of piperidine rings is 1. The SMILES string of the molecule is CCC1CCN(C(=O)C(C)CCl)CC1. The zero-order chi connectivity index (χ0) is 10.6. The fraction of sp³-hybridized carbons (Fsp3) is 0.909. The molecule has 0 aliphatic carbocycles. The predicted octanol–water partition coefficient (Wildman–Crippen LogP) is 2.51. The first kappa shape index (κ1) is 11.8. The van der Waals surface area contributed by atoms with Crippen LogP contribution in [0.2, 0.25) is 0 Å². The summed E-state index contributed by atoms with van der Waals surface area (Å²) in [6.07, 6.45) is 3.57. The molecule has 1 rings (SSSR count). The van der Waals surface area contributed by atoms with E-state index in [0.717, 1.165) is 31.8 Å². The minimum atomic E-state index is -0.0187. The molecule has 0 aromatic heterocycles. The second kappa shape index (κ2) is 5.59. The van der Waals surface area contributed by atoms with Crippen molar-refractivity contribution < 1.29 is 4.79 Å². The van der Waals surface area contributed by atoms with Crippen molar-refractivity contribution in [2.24, 2.45) is 11.8 Å². The van der Waals surface area contributed by atoms with Gasteiger partial charge in [-0.05, 0) is 18.8 Å². The minimum Gasteiger partial charge on any atom is -0.342 e. The molecule has 1 aliphatic heterocycles. The van der Waals surface area contributed by atoms with Crippen molar-refractivity contribution in [2.75, 3.05) is 19.0 Å². The highest BCUT2D eigenvalue weighted by Crippen LogP contribution is 2.21. The van der Waals surface area contributed by atoms with Gasteiger partial charge < -0.3 is 4.90 Å². The Balaban J connectivity index is 2.37. The third-order valence-electron chi connectivity index (χ3n) is 3.16. The van der Waals surface area contributed by atoms with Crippen LogP contribution in [-0.2, 0) is 4.79 Å². The third-order valence-corrected chi connectivity index (χ3v) is 3.62. The van der Waals surface area contributed by atoms with E-state index in [1.807, 2.05) is 11.8 Å². The average molecular weight is 218 g/mol. The van der Waals surface area contributed by atoms with E-state index in [1.54, 1.807) is 0 Å². The standard InChI is InChI=1S/C11H20ClNO/c1-3-10-4-6-13(7-5-10)11(14)9(2)8-12/h9-10H,3-8H2,1-2H3. The molecule has 0 spiro atoms. The number of likely N-dealkylation sites (tertiary alicyclic amines) is 1. The maximum absolute atomic E-state index is 11.8. The van der Waals surface area contributed by atoms with Crippen LogP contribution in [-0.4, -0.2) is 29.8 Å². The molecule has 0 N–H and O–H groups in total. The molecule has 1 heterocycles. The van der Waals surface area contributed by atoms with Gasteiger partial charge in [-0.3, -0.25) is 4.79 Å². The quantitative estimate of drug-likeness (QED) is 0.666. The van der Waals surface area contributed by atoms with Crippen LogP contribution >= 0.6 is 11.6 Å². The lowest BCUT2D eigenvalue weighted by Crippen LogP contribution is -2.41. The predicted molar refractivity (Wildman–Crippen MR) is 59.5 cm³/mol. The number of amides is 1. The highest BCUT2D eigenvalue weighted by atomic mass is 35.5. The van der Waals surface area contributed by atoms with Crippen molar-refractivity contribution in [1.82, 2.24) is 4.90 Å². The molecule has 1 saturated heterocycles. The summed E-state index contributed by atoms with van der Waals surface area (Å²) in [5, 5.41) is 0. The van der Waals surface area contributed by atoms with Gasteiger partial charge in [-0.25, -0.2) is 0 Å². The summed E-state index contributed by atoms with van der Waals surface area (Å²) in [6.45, 7) is 5.99. The van der Waals surface area contributed by atoms with Crippen LogP contribution in [0.1, 0.15) is 33.1 Å². The Morgan fingerprint density at radius 2 is 2.07 bits per heavy atom. The highest BCUT2D eigenvalue weighted by Gasteiger charge is 2.24. The van der Waals surface area contributed by atoms with E-state index >= 15 is 0 Å². The molecule has 14 heavy (non-hydrogen) atoms. The van der Waals surface area contributed by atoms with Crippen LogP contribution < -0.4 is 0 Å². The Morgan fingerprint density at radius 1 is 1.50 bits per heavy atom. The number of alkyl halides is 1. The summed E-state index contributed by atoms with van der Waals surface area (Å²) in [5.41, 5.74) is 0. The molecule has 3 heteroatoms. The maximum Gasteiger partial charge on any atom is 0.226 e. The Kier molecular flexibility index (Phi) is 4.73. The smallest absolute Gasteiger partial charge is 0.226 e. The van der Waals surface area contributed by atoms with Gasteiger partial charge in [0.2, 0.25) is 5.91 Å². The Hall–Kier alpha value is -0.240. The zero-order valence-corrected chi connectivity index (χ0v) is 9.89. The zero-order valence-electron chi connectivity index (χ0n) is 9.13.